The normalized spacial score (nSPS) is 16.8. The summed E-state index contributed by atoms with van der Waals surface area (Å²) in [5.41, 5.74) is 0. The van der Waals surface area contributed by atoms with Gasteiger partial charge in [-0.15, -0.1) is 0 Å². The highest BCUT2D eigenvalue weighted by atomic mass is 16.3. The number of nitrogens with one attached hydrogen (secondary N) is 1. The van der Waals surface area contributed by atoms with Gasteiger partial charge in [-0.05, 0) is 44.7 Å². The van der Waals surface area contributed by atoms with Crippen LogP contribution < -0.4 is 5.32 Å². The van der Waals surface area contributed by atoms with Gasteiger partial charge in [0.1, 0.15) is 0 Å². The van der Waals surface area contributed by atoms with Crippen molar-refractivity contribution in [1.82, 2.24) is 10.2 Å². The second-order valence-corrected chi connectivity index (χ2v) is 5.19. The fourth-order valence-corrected chi connectivity index (χ4v) is 2.49. The summed E-state index contributed by atoms with van der Waals surface area (Å²) in [6.45, 7) is 5.66. The molecule has 0 unspecified atom stereocenters. The van der Waals surface area contributed by atoms with Crippen molar-refractivity contribution in [3.63, 3.8) is 0 Å². The molecule has 18 heavy (non-hydrogen) atoms. The molecule has 1 amide bonds. The summed E-state index contributed by atoms with van der Waals surface area (Å²) in [6, 6.07) is 0. The summed E-state index contributed by atoms with van der Waals surface area (Å²) in [6.07, 6.45) is 6.16. The van der Waals surface area contributed by atoms with E-state index in [2.05, 4.69) is 12.2 Å². The molecule has 1 aliphatic heterocycles. The standard InChI is InChI=1S/C14H28N2O2/c1-2-3-10-16(11-12-17)14(18)5-4-13-6-8-15-9-7-13/h13,15,17H,2-12H2,1H3. The number of hydrogen-bond acceptors (Lipinski definition) is 3. The highest BCUT2D eigenvalue weighted by molar-refractivity contribution is 5.76. The second-order valence-electron chi connectivity index (χ2n) is 5.19. The van der Waals surface area contributed by atoms with E-state index in [-0.39, 0.29) is 12.5 Å². The fraction of sp³-hybridized carbons (Fsp3) is 0.929. The first-order valence-electron chi connectivity index (χ1n) is 7.37. The molecular weight excluding hydrogens is 228 g/mol. The Morgan fingerprint density at radius 1 is 1.33 bits per heavy atom. The molecule has 0 atom stereocenters. The van der Waals surface area contributed by atoms with Crippen molar-refractivity contribution < 1.29 is 9.90 Å². The summed E-state index contributed by atoms with van der Waals surface area (Å²) in [5.74, 6) is 0.924. The number of unbranched alkanes of at least 4 members (excludes halogenated alkanes) is 1. The van der Waals surface area contributed by atoms with E-state index in [1.54, 1.807) is 0 Å². The van der Waals surface area contributed by atoms with Crippen LogP contribution in [0, 0.1) is 5.92 Å². The maximum Gasteiger partial charge on any atom is 0.222 e. The third-order valence-electron chi connectivity index (χ3n) is 3.73. The average Bonchev–Trinajstić information content (AvgIpc) is 2.42. The van der Waals surface area contributed by atoms with Crippen molar-refractivity contribution in [3.05, 3.63) is 0 Å². The van der Waals surface area contributed by atoms with Gasteiger partial charge in [-0.1, -0.05) is 13.3 Å². The van der Waals surface area contributed by atoms with Gasteiger partial charge < -0.3 is 15.3 Å². The van der Waals surface area contributed by atoms with Gasteiger partial charge in [0.05, 0.1) is 6.61 Å². The van der Waals surface area contributed by atoms with Gasteiger partial charge in [0.2, 0.25) is 5.91 Å². The molecule has 4 nitrogen and oxygen atoms in total. The Bertz CT molecular complexity index is 228. The molecule has 1 saturated heterocycles. The van der Waals surface area contributed by atoms with Gasteiger partial charge in [-0.2, -0.15) is 0 Å². The SMILES string of the molecule is CCCCN(CCO)C(=O)CCC1CCNCC1. The molecule has 0 aromatic rings. The fourth-order valence-electron chi connectivity index (χ4n) is 2.49. The Kier molecular flexibility index (Phi) is 8.01. The Morgan fingerprint density at radius 3 is 2.67 bits per heavy atom. The lowest BCUT2D eigenvalue weighted by atomic mass is 9.93. The Labute approximate surface area is 111 Å². The van der Waals surface area contributed by atoms with Crippen LogP contribution >= 0.6 is 0 Å². The number of amides is 1. The molecule has 1 heterocycles. The smallest absolute Gasteiger partial charge is 0.222 e. The molecule has 0 aromatic heterocycles. The van der Waals surface area contributed by atoms with Crippen LogP contribution in [-0.4, -0.2) is 48.7 Å². The minimum absolute atomic E-state index is 0.0722. The summed E-state index contributed by atoms with van der Waals surface area (Å²) in [7, 11) is 0. The number of rotatable bonds is 8. The van der Waals surface area contributed by atoms with Crippen molar-refractivity contribution in [3.8, 4) is 0 Å². The van der Waals surface area contributed by atoms with E-state index in [0.29, 0.717) is 18.9 Å². The highest BCUT2D eigenvalue weighted by Crippen LogP contribution is 2.18. The van der Waals surface area contributed by atoms with Crippen LogP contribution in [-0.2, 0) is 4.79 Å². The van der Waals surface area contributed by atoms with E-state index < -0.39 is 0 Å². The number of piperidine rings is 1. The van der Waals surface area contributed by atoms with Gasteiger partial charge in [0, 0.05) is 19.5 Å². The molecule has 2 N–H and O–H groups in total. The van der Waals surface area contributed by atoms with E-state index in [1.165, 1.54) is 12.8 Å². The minimum atomic E-state index is 0.0722. The first-order chi connectivity index (χ1) is 8.77. The molecule has 0 spiro atoms. The first kappa shape index (κ1) is 15.4. The van der Waals surface area contributed by atoms with Crippen LogP contribution in [0.5, 0.6) is 0 Å². The van der Waals surface area contributed by atoms with Crippen molar-refractivity contribution in [2.75, 3.05) is 32.8 Å². The average molecular weight is 256 g/mol. The van der Waals surface area contributed by atoms with E-state index in [1.807, 2.05) is 4.90 Å². The highest BCUT2D eigenvalue weighted by Gasteiger charge is 2.17. The summed E-state index contributed by atoms with van der Waals surface area (Å²) >= 11 is 0. The molecule has 106 valence electrons. The third kappa shape index (κ3) is 5.83. The molecule has 1 rings (SSSR count). The third-order valence-corrected chi connectivity index (χ3v) is 3.73. The molecular formula is C14H28N2O2. The largest absolute Gasteiger partial charge is 0.395 e. The topological polar surface area (TPSA) is 52.6 Å². The van der Waals surface area contributed by atoms with E-state index in [0.717, 1.165) is 38.9 Å². The van der Waals surface area contributed by atoms with Crippen molar-refractivity contribution >= 4 is 5.91 Å². The van der Waals surface area contributed by atoms with Gasteiger partial charge in [-0.3, -0.25) is 4.79 Å². The van der Waals surface area contributed by atoms with E-state index >= 15 is 0 Å². The van der Waals surface area contributed by atoms with E-state index in [4.69, 9.17) is 5.11 Å². The summed E-state index contributed by atoms with van der Waals surface area (Å²) in [5, 5.41) is 12.3. The zero-order valence-corrected chi connectivity index (χ0v) is 11.7. The van der Waals surface area contributed by atoms with Crippen molar-refractivity contribution in [2.45, 2.75) is 45.4 Å². The zero-order chi connectivity index (χ0) is 13.2. The van der Waals surface area contributed by atoms with Gasteiger partial charge in [-0.25, -0.2) is 0 Å². The van der Waals surface area contributed by atoms with Gasteiger partial charge in [0.15, 0.2) is 0 Å². The van der Waals surface area contributed by atoms with Crippen LogP contribution in [0.4, 0.5) is 0 Å². The zero-order valence-electron chi connectivity index (χ0n) is 11.7. The van der Waals surface area contributed by atoms with Crippen molar-refractivity contribution in [1.29, 1.82) is 0 Å². The van der Waals surface area contributed by atoms with Gasteiger partial charge >= 0.3 is 0 Å². The lowest BCUT2D eigenvalue weighted by Gasteiger charge is -2.25. The van der Waals surface area contributed by atoms with Crippen LogP contribution in [0.15, 0.2) is 0 Å². The minimum Gasteiger partial charge on any atom is -0.395 e. The Hall–Kier alpha value is -0.610. The quantitative estimate of drug-likeness (QED) is 0.690. The number of carbonyl (C=O) groups is 1. The lowest BCUT2D eigenvalue weighted by molar-refractivity contribution is -0.132. The number of carbonyl (C=O) groups excluding carboxylic acids is 1. The van der Waals surface area contributed by atoms with Gasteiger partial charge in [0.25, 0.3) is 0 Å². The number of aliphatic hydroxyl groups excluding tert-OH is 1. The van der Waals surface area contributed by atoms with Crippen LogP contribution in [0.3, 0.4) is 0 Å². The number of nitrogens with zero attached hydrogens (tertiary/aromatic N) is 1. The second kappa shape index (κ2) is 9.34. The summed E-state index contributed by atoms with van der Waals surface area (Å²) in [4.78, 5) is 13.9. The Balaban J connectivity index is 2.26. The van der Waals surface area contributed by atoms with E-state index in [9.17, 15) is 4.79 Å². The monoisotopic (exact) mass is 256 g/mol. The Morgan fingerprint density at radius 2 is 2.06 bits per heavy atom. The molecule has 0 radical (unpaired) electrons. The molecule has 1 fully saturated rings. The van der Waals surface area contributed by atoms with Crippen LogP contribution in [0.25, 0.3) is 0 Å². The predicted molar refractivity (Wildman–Crippen MR) is 73.4 cm³/mol. The number of hydrogen-bond donors (Lipinski definition) is 2. The number of aliphatic hydroxyl groups is 1. The van der Waals surface area contributed by atoms with Crippen molar-refractivity contribution in [2.24, 2.45) is 5.92 Å². The molecule has 1 aliphatic rings. The summed E-state index contributed by atoms with van der Waals surface area (Å²) < 4.78 is 0. The van der Waals surface area contributed by atoms with Crippen LogP contribution in [0.2, 0.25) is 0 Å². The molecule has 0 bridgehead atoms. The predicted octanol–water partition coefficient (Wildman–Crippen LogP) is 1.39. The maximum atomic E-state index is 12.1. The lowest BCUT2D eigenvalue weighted by Crippen LogP contribution is -2.35. The van der Waals surface area contributed by atoms with Crippen LogP contribution in [0.1, 0.15) is 45.4 Å². The molecule has 0 aliphatic carbocycles. The molecule has 0 saturated carbocycles. The maximum absolute atomic E-state index is 12.1. The first-order valence-corrected chi connectivity index (χ1v) is 7.37. The molecule has 4 heteroatoms. The molecule has 0 aromatic carbocycles.